The summed E-state index contributed by atoms with van der Waals surface area (Å²) in [5.41, 5.74) is 5.25. The van der Waals surface area contributed by atoms with Crippen LogP contribution in [0.15, 0.2) is 55.1 Å². The van der Waals surface area contributed by atoms with E-state index < -0.39 is 0 Å². The lowest BCUT2D eigenvalue weighted by Gasteiger charge is -2.56. The van der Waals surface area contributed by atoms with Gasteiger partial charge in [-0.25, -0.2) is 14.5 Å². The molecule has 0 aromatic carbocycles. The number of rotatable bonds is 5. The molecular weight excluding hydrogens is 462 g/mol. The van der Waals surface area contributed by atoms with E-state index in [1.54, 1.807) is 17.8 Å². The quantitative estimate of drug-likeness (QED) is 0.393. The van der Waals surface area contributed by atoms with E-state index in [-0.39, 0.29) is 0 Å². The number of aromatic nitrogens is 4. The summed E-state index contributed by atoms with van der Waals surface area (Å²) in [6, 6.07) is 13.5. The van der Waals surface area contributed by atoms with E-state index in [2.05, 4.69) is 56.0 Å². The maximum Gasteiger partial charge on any atom is 0.212 e. The van der Waals surface area contributed by atoms with Gasteiger partial charge in [0.15, 0.2) is 0 Å². The number of ether oxygens (including phenoxy) is 1. The molecule has 7 heterocycles. The van der Waals surface area contributed by atoms with Crippen molar-refractivity contribution in [3.05, 3.63) is 71.8 Å². The second-order valence-electron chi connectivity index (χ2n) is 9.50. The number of hydrogen-bond donors (Lipinski definition) is 0. The molecule has 4 aromatic heterocycles. The number of piperidine rings is 1. The summed E-state index contributed by atoms with van der Waals surface area (Å²) in [4.78, 5) is 14.1. The third-order valence-electron chi connectivity index (χ3n) is 7.24. The van der Waals surface area contributed by atoms with E-state index in [0.29, 0.717) is 23.5 Å². The number of methoxy groups -OCH3 is 1. The Balaban J connectivity index is 1.20. The predicted octanol–water partition coefficient (Wildman–Crippen LogP) is 3.90. The van der Waals surface area contributed by atoms with Crippen LogP contribution in [0.2, 0.25) is 0 Å². The first-order valence-electron chi connectivity index (χ1n) is 12.5. The van der Waals surface area contributed by atoms with E-state index >= 15 is 0 Å². The van der Waals surface area contributed by atoms with Crippen molar-refractivity contribution in [2.45, 2.75) is 38.4 Å². The van der Waals surface area contributed by atoms with E-state index in [1.807, 2.05) is 37.6 Å². The standard InChI is InChI=1S/C29H27N7O/c1-3-4-5-20-10-26(29-23(12-30)15-33-36(29)17-20)22-7-8-27(31-14-22)34-18-24-11-25(19-34)35(24)16-21-6-9-28(37-2)32-13-21/h6-10,13-15,17,24-25H,3,11,16,18-19H2,1-2H3. The minimum absolute atomic E-state index is 0.515. The summed E-state index contributed by atoms with van der Waals surface area (Å²) in [7, 11) is 1.64. The lowest BCUT2D eigenvalue weighted by molar-refractivity contribution is -0.00876. The van der Waals surface area contributed by atoms with E-state index in [0.717, 1.165) is 54.1 Å². The zero-order chi connectivity index (χ0) is 25.4. The summed E-state index contributed by atoms with van der Waals surface area (Å²) in [5, 5.41) is 14.0. The summed E-state index contributed by atoms with van der Waals surface area (Å²) < 4.78 is 6.92. The normalized spacial score (nSPS) is 18.6. The number of piperazine rings is 1. The molecule has 8 nitrogen and oxygen atoms in total. The second-order valence-corrected chi connectivity index (χ2v) is 9.50. The van der Waals surface area contributed by atoms with Crippen LogP contribution >= 0.6 is 0 Å². The van der Waals surface area contributed by atoms with Crippen molar-refractivity contribution >= 4 is 11.3 Å². The van der Waals surface area contributed by atoms with Gasteiger partial charge in [-0.3, -0.25) is 4.90 Å². The van der Waals surface area contributed by atoms with Gasteiger partial charge in [-0.15, -0.1) is 0 Å². The van der Waals surface area contributed by atoms with Crippen molar-refractivity contribution in [1.29, 1.82) is 5.26 Å². The lowest BCUT2D eigenvalue weighted by Crippen LogP contribution is -2.68. The monoisotopic (exact) mass is 489 g/mol. The molecule has 8 heteroatoms. The molecule has 2 bridgehead atoms. The maximum absolute atomic E-state index is 9.62. The van der Waals surface area contributed by atoms with Crippen molar-refractivity contribution in [2.24, 2.45) is 0 Å². The summed E-state index contributed by atoms with van der Waals surface area (Å²) >= 11 is 0. The van der Waals surface area contributed by atoms with Crippen LogP contribution in [0, 0.1) is 23.2 Å². The Kier molecular flexibility index (Phi) is 5.96. The topological polar surface area (TPSA) is 82.6 Å². The van der Waals surface area contributed by atoms with Crippen LogP contribution in [-0.4, -0.2) is 56.8 Å². The van der Waals surface area contributed by atoms with Gasteiger partial charge in [0.05, 0.1) is 24.4 Å². The fraction of sp³-hybridized carbons (Fsp3) is 0.310. The highest BCUT2D eigenvalue weighted by Crippen LogP contribution is 2.36. The molecule has 0 radical (unpaired) electrons. The molecule has 4 aromatic rings. The van der Waals surface area contributed by atoms with Gasteiger partial charge in [0.2, 0.25) is 5.88 Å². The van der Waals surface area contributed by atoms with Crippen molar-refractivity contribution in [2.75, 3.05) is 25.1 Å². The van der Waals surface area contributed by atoms with Crippen molar-refractivity contribution < 1.29 is 4.74 Å². The van der Waals surface area contributed by atoms with Gasteiger partial charge >= 0.3 is 0 Å². The molecule has 3 aliphatic rings. The Labute approximate surface area is 216 Å². The van der Waals surface area contributed by atoms with E-state index in [1.165, 1.54) is 12.0 Å². The Morgan fingerprint density at radius 1 is 1.08 bits per heavy atom. The van der Waals surface area contributed by atoms with Crippen molar-refractivity contribution in [1.82, 2.24) is 24.5 Å². The van der Waals surface area contributed by atoms with Crippen molar-refractivity contribution in [3.8, 4) is 34.9 Å². The molecule has 184 valence electrons. The second kappa shape index (κ2) is 9.57. The van der Waals surface area contributed by atoms with Crippen LogP contribution in [0.4, 0.5) is 5.82 Å². The molecule has 2 unspecified atom stereocenters. The van der Waals surface area contributed by atoms with Gasteiger partial charge in [0.1, 0.15) is 11.9 Å². The first kappa shape index (κ1) is 23.0. The maximum atomic E-state index is 9.62. The molecule has 3 saturated heterocycles. The van der Waals surface area contributed by atoms with Crippen LogP contribution in [0.25, 0.3) is 16.6 Å². The number of nitrogens with zero attached hydrogens (tertiary/aromatic N) is 7. The van der Waals surface area contributed by atoms with Gasteiger partial charge in [0.25, 0.3) is 0 Å². The molecule has 2 atom stereocenters. The zero-order valence-electron chi connectivity index (χ0n) is 20.9. The number of fused-ring (bicyclic) bond motifs is 3. The molecular formula is C29H27N7O. The Morgan fingerprint density at radius 2 is 1.95 bits per heavy atom. The summed E-state index contributed by atoms with van der Waals surface area (Å²) in [6.45, 7) is 4.85. The molecule has 0 spiro atoms. The average Bonchev–Trinajstić information content (AvgIpc) is 3.38. The third-order valence-corrected chi connectivity index (χ3v) is 7.24. The molecule has 0 aliphatic carbocycles. The highest BCUT2D eigenvalue weighted by Gasteiger charge is 2.44. The molecule has 0 N–H and O–H groups in total. The van der Waals surface area contributed by atoms with Crippen LogP contribution in [0.5, 0.6) is 5.88 Å². The zero-order valence-corrected chi connectivity index (χ0v) is 20.9. The number of pyridine rings is 3. The van der Waals surface area contributed by atoms with Gasteiger partial charge in [-0.2, -0.15) is 10.4 Å². The fourth-order valence-corrected chi connectivity index (χ4v) is 5.38. The highest BCUT2D eigenvalue weighted by atomic mass is 16.5. The Hall–Kier alpha value is -4.40. The van der Waals surface area contributed by atoms with E-state index in [4.69, 9.17) is 9.72 Å². The molecule has 3 aliphatic heterocycles. The summed E-state index contributed by atoms with van der Waals surface area (Å²) in [5.74, 6) is 7.94. The number of nitriles is 1. The van der Waals surface area contributed by atoms with Gasteiger partial charge in [-0.1, -0.05) is 24.8 Å². The smallest absolute Gasteiger partial charge is 0.212 e. The highest BCUT2D eigenvalue weighted by molar-refractivity contribution is 5.85. The Bertz CT molecular complexity index is 1530. The average molecular weight is 490 g/mol. The van der Waals surface area contributed by atoms with Gasteiger partial charge in [-0.05, 0) is 30.2 Å². The lowest BCUT2D eigenvalue weighted by atomic mass is 9.87. The van der Waals surface area contributed by atoms with Gasteiger partial charge in [0, 0.05) is 79.5 Å². The molecule has 0 amide bonds. The minimum atomic E-state index is 0.515. The Morgan fingerprint density at radius 3 is 2.62 bits per heavy atom. The number of anilines is 1. The number of hydrogen-bond acceptors (Lipinski definition) is 7. The van der Waals surface area contributed by atoms with Gasteiger partial charge < -0.3 is 9.64 Å². The third kappa shape index (κ3) is 4.26. The molecule has 3 fully saturated rings. The van der Waals surface area contributed by atoms with E-state index in [9.17, 15) is 5.26 Å². The first-order valence-corrected chi connectivity index (χ1v) is 12.5. The molecule has 37 heavy (non-hydrogen) atoms. The SMILES string of the molecule is CCC#Cc1cc(-c2ccc(N3CC4CC(C3)N4Cc3ccc(OC)nc3)nc2)c2c(C#N)cnn2c1. The first-order chi connectivity index (χ1) is 18.2. The molecule has 0 saturated carbocycles. The summed E-state index contributed by atoms with van der Waals surface area (Å²) in [6.07, 6.45) is 9.28. The predicted molar refractivity (Wildman–Crippen MR) is 141 cm³/mol. The van der Waals surface area contributed by atoms with Crippen molar-refractivity contribution in [3.63, 3.8) is 0 Å². The molecule has 7 rings (SSSR count). The largest absolute Gasteiger partial charge is 0.481 e. The van der Waals surface area contributed by atoms with Crippen LogP contribution in [0.1, 0.15) is 36.5 Å². The fourth-order valence-electron chi connectivity index (χ4n) is 5.38. The van der Waals surface area contributed by atoms with Crippen LogP contribution in [-0.2, 0) is 6.54 Å². The minimum Gasteiger partial charge on any atom is -0.481 e. The van der Waals surface area contributed by atoms with Crippen LogP contribution < -0.4 is 9.64 Å². The van der Waals surface area contributed by atoms with Crippen LogP contribution in [0.3, 0.4) is 0 Å².